The Labute approximate surface area is 167 Å². The van der Waals surface area contributed by atoms with E-state index in [0.29, 0.717) is 11.2 Å². The molecule has 158 valence electrons. The molecule has 2 aliphatic heterocycles. The normalized spacial score (nSPS) is 28.5. The van der Waals surface area contributed by atoms with Crippen LogP contribution in [-0.2, 0) is 18.9 Å². The fourth-order valence-electron chi connectivity index (χ4n) is 3.56. The van der Waals surface area contributed by atoms with Crippen molar-refractivity contribution in [1.29, 1.82) is 0 Å². The van der Waals surface area contributed by atoms with Gasteiger partial charge in [-0.05, 0) is 34.6 Å². The van der Waals surface area contributed by atoms with E-state index in [1.54, 1.807) is 25.3 Å². The lowest BCUT2D eigenvalue weighted by Gasteiger charge is -2.24. The maximum Gasteiger partial charge on any atom is 0.413 e. The molecule has 0 radical (unpaired) electrons. The molecular formula is C18H25N5O6. The molecule has 2 aliphatic rings. The number of anilines is 1. The van der Waals surface area contributed by atoms with E-state index in [9.17, 15) is 9.90 Å². The summed E-state index contributed by atoms with van der Waals surface area (Å²) in [5, 5.41) is 12.3. The number of aliphatic hydroxyl groups excluding tert-OH is 1. The van der Waals surface area contributed by atoms with E-state index in [4.69, 9.17) is 18.9 Å². The lowest BCUT2D eigenvalue weighted by Crippen LogP contribution is -2.31. The second-order valence-corrected chi connectivity index (χ2v) is 8.49. The number of rotatable bonds is 3. The molecule has 4 atom stereocenters. The van der Waals surface area contributed by atoms with Gasteiger partial charge >= 0.3 is 6.09 Å². The number of fused-ring (bicyclic) bond motifs is 2. The van der Waals surface area contributed by atoms with Gasteiger partial charge in [0.25, 0.3) is 0 Å². The highest BCUT2D eigenvalue weighted by Crippen LogP contribution is 2.43. The van der Waals surface area contributed by atoms with Crippen LogP contribution in [0.3, 0.4) is 0 Å². The van der Waals surface area contributed by atoms with Crippen LogP contribution in [-0.4, -0.2) is 67.0 Å². The van der Waals surface area contributed by atoms with Gasteiger partial charge in [0.2, 0.25) is 0 Å². The molecule has 2 fully saturated rings. The Morgan fingerprint density at radius 1 is 1.28 bits per heavy atom. The van der Waals surface area contributed by atoms with Gasteiger partial charge in [-0.3, -0.25) is 9.88 Å². The van der Waals surface area contributed by atoms with Crippen LogP contribution in [0.15, 0.2) is 12.7 Å². The third kappa shape index (κ3) is 3.78. The van der Waals surface area contributed by atoms with E-state index in [2.05, 4.69) is 20.3 Å². The van der Waals surface area contributed by atoms with Crippen LogP contribution < -0.4 is 5.32 Å². The van der Waals surface area contributed by atoms with Crippen LogP contribution in [0.25, 0.3) is 11.2 Å². The maximum absolute atomic E-state index is 12.1. The van der Waals surface area contributed by atoms with Crippen molar-refractivity contribution in [3.63, 3.8) is 0 Å². The third-order valence-corrected chi connectivity index (χ3v) is 4.56. The zero-order valence-corrected chi connectivity index (χ0v) is 16.9. The third-order valence-electron chi connectivity index (χ3n) is 4.56. The first-order chi connectivity index (χ1) is 13.6. The largest absolute Gasteiger partial charge is 0.444 e. The van der Waals surface area contributed by atoms with Crippen molar-refractivity contribution in [3.05, 3.63) is 12.7 Å². The number of nitrogens with zero attached hydrogens (tertiary/aromatic N) is 4. The molecule has 4 heterocycles. The first-order valence-corrected chi connectivity index (χ1v) is 9.37. The number of aromatic nitrogens is 4. The van der Waals surface area contributed by atoms with Gasteiger partial charge in [-0.25, -0.2) is 19.7 Å². The number of aliphatic hydroxyl groups is 1. The number of amides is 1. The Bertz CT molecular complexity index is 923. The predicted molar refractivity (Wildman–Crippen MR) is 100 cm³/mol. The van der Waals surface area contributed by atoms with Crippen LogP contribution in [0, 0.1) is 0 Å². The summed E-state index contributed by atoms with van der Waals surface area (Å²) in [5.74, 6) is -0.570. The predicted octanol–water partition coefficient (Wildman–Crippen LogP) is 1.58. The summed E-state index contributed by atoms with van der Waals surface area (Å²) < 4.78 is 24.8. The lowest BCUT2D eigenvalue weighted by atomic mass is 10.1. The molecule has 11 nitrogen and oxygen atoms in total. The Balaban J connectivity index is 1.64. The molecule has 2 aromatic rings. The second kappa shape index (κ2) is 6.87. The minimum atomic E-state index is -0.792. The molecule has 0 aliphatic carbocycles. The highest BCUT2D eigenvalue weighted by Gasteiger charge is 2.56. The quantitative estimate of drug-likeness (QED) is 0.779. The van der Waals surface area contributed by atoms with E-state index in [1.807, 2.05) is 13.8 Å². The lowest BCUT2D eigenvalue weighted by molar-refractivity contribution is -0.199. The highest BCUT2D eigenvalue weighted by molar-refractivity contribution is 5.93. The van der Waals surface area contributed by atoms with Gasteiger partial charge in [0, 0.05) is 0 Å². The van der Waals surface area contributed by atoms with Crippen molar-refractivity contribution >= 4 is 23.1 Å². The van der Waals surface area contributed by atoms with Gasteiger partial charge in [-0.15, -0.1) is 0 Å². The average Bonchev–Trinajstić information content (AvgIpc) is 3.24. The molecule has 2 saturated heterocycles. The van der Waals surface area contributed by atoms with Crippen LogP contribution in [0.2, 0.25) is 0 Å². The van der Waals surface area contributed by atoms with Crippen molar-refractivity contribution in [2.24, 2.45) is 0 Å². The van der Waals surface area contributed by atoms with Gasteiger partial charge in [0.15, 0.2) is 29.0 Å². The van der Waals surface area contributed by atoms with E-state index in [-0.39, 0.29) is 12.4 Å². The number of carbonyl (C=O) groups excluding carboxylic acids is 1. The van der Waals surface area contributed by atoms with Gasteiger partial charge < -0.3 is 24.1 Å². The Morgan fingerprint density at radius 3 is 2.69 bits per heavy atom. The molecule has 2 aromatic heterocycles. The minimum absolute atomic E-state index is 0.204. The number of hydrogen-bond donors (Lipinski definition) is 2. The van der Waals surface area contributed by atoms with E-state index in [0.717, 1.165) is 0 Å². The number of hydrogen-bond acceptors (Lipinski definition) is 9. The van der Waals surface area contributed by atoms with Crippen LogP contribution in [0.4, 0.5) is 10.6 Å². The number of carbonyl (C=O) groups is 1. The number of ether oxygens (including phenoxy) is 4. The highest BCUT2D eigenvalue weighted by atomic mass is 16.8. The number of imidazole rings is 1. The Hall–Kier alpha value is -2.34. The summed E-state index contributed by atoms with van der Waals surface area (Å²) in [6.45, 7) is 8.74. The van der Waals surface area contributed by atoms with Crippen molar-refractivity contribution < 1.29 is 28.8 Å². The van der Waals surface area contributed by atoms with Crippen molar-refractivity contribution in [2.45, 2.75) is 70.5 Å². The van der Waals surface area contributed by atoms with E-state index in [1.165, 1.54) is 12.7 Å². The second-order valence-electron chi connectivity index (χ2n) is 8.49. The van der Waals surface area contributed by atoms with Crippen LogP contribution in [0.1, 0.15) is 40.8 Å². The fourth-order valence-corrected chi connectivity index (χ4v) is 3.56. The zero-order chi connectivity index (χ0) is 21.0. The fraction of sp³-hybridized carbons (Fsp3) is 0.667. The summed E-state index contributed by atoms with van der Waals surface area (Å²) in [6.07, 6.45) is 0.211. The van der Waals surface area contributed by atoms with Crippen molar-refractivity contribution in [3.8, 4) is 0 Å². The average molecular weight is 407 g/mol. The smallest absolute Gasteiger partial charge is 0.413 e. The van der Waals surface area contributed by atoms with Gasteiger partial charge in [-0.1, -0.05) is 0 Å². The molecule has 0 aromatic carbocycles. The maximum atomic E-state index is 12.1. The molecule has 29 heavy (non-hydrogen) atoms. The SMILES string of the molecule is CC(C)(C)OC(=O)Nc1ncnc2c1ncn2C1OC(CO)C2OC(C)(C)OC21. The van der Waals surface area contributed by atoms with Gasteiger partial charge in [0.05, 0.1) is 12.9 Å². The van der Waals surface area contributed by atoms with E-state index < -0.39 is 42.0 Å². The Kier molecular flexibility index (Phi) is 4.73. The topological polar surface area (TPSA) is 130 Å². The van der Waals surface area contributed by atoms with Crippen LogP contribution in [0.5, 0.6) is 0 Å². The standard InChI is InChI=1S/C18H25N5O6/c1-17(2,3)29-16(25)22-13-10-14(20-7-19-13)23(8-21-10)15-12-11(9(6-24)26-15)27-18(4,5)28-12/h7-9,11-12,15,24H,6H2,1-5H3,(H,19,20,22,25). The molecule has 4 unspecified atom stereocenters. The van der Waals surface area contributed by atoms with Crippen molar-refractivity contribution in [1.82, 2.24) is 19.5 Å². The van der Waals surface area contributed by atoms with Gasteiger partial charge in [0.1, 0.15) is 30.2 Å². The molecule has 0 bridgehead atoms. The summed E-state index contributed by atoms with van der Waals surface area (Å²) in [4.78, 5) is 24.9. The van der Waals surface area contributed by atoms with Crippen LogP contribution >= 0.6 is 0 Å². The summed E-state index contributed by atoms with van der Waals surface area (Å²) in [7, 11) is 0. The van der Waals surface area contributed by atoms with Crippen molar-refractivity contribution in [2.75, 3.05) is 11.9 Å². The molecule has 0 spiro atoms. The summed E-state index contributed by atoms with van der Waals surface area (Å²) >= 11 is 0. The molecular weight excluding hydrogens is 382 g/mol. The molecule has 0 saturated carbocycles. The van der Waals surface area contributed by atoms with E-state index >= 15 is 0 Å². The summed E-state index contributed by atoms with van der Waals surface area (Å²) in [5.41, 5.74) is 0.180. The molecule has 2 N–H and O–H groups in total. The van der Waals surface area contributed by atoms with Gasteiger partial charge in [-0.2, -0.15) is 0 Å². The molecule has 4 rings (SSSR count). The monoisotopic (exact) mass is 407 g/mol. The summed E-state index contributed by atoms with van der Waals surface area (Å²) in [6, 6.07) is 0. The zero-order valence-electron chi connectivity index (χ0n) is 16.9. The number of nitrogens with one attached hydrogen (secondary N) is 1. The minimum Gasteiger partial charge on any atom is -0.444 e. The first-order valence-electron chi connectivity index (χ1n) is 9.37. The first kappa shape index (κ1) is 20.0. The Morgan fingerprint density at radius 2 is 2.00 bits per heavy atom. The molecule has 1 amide bonds. The molecule has 11 heteroatoms.